The molecule has 1 heterocycles. The summed E-state index contributed by atoms with van der Waals surface area (Å²) in [5, 5.41) is 26.0. The summed E-state index contributed by atoms with van der Waals surface area (Å²) < 4.78 is 0. The zero-order valence-electron chi connectivity index (χ0n) is 47.4. The van der Waals surface area contributed by atoms with Gasteiger partial charge in [0.15, 0.2) is 11.9 Å². The highest BCUT2D eigenvalue weighted by Gasteiger charge is 2.35. The van der Waals surface area contributed by atoms with Crippen LogP contribution in [0.1, 0.15) is 90.2 Å². The van der Waals surface area contributed by atoms with Crippen LogP contribution in [0.2, 0.25) is 0 Å². The van der Waals surface area contributed by atoms with E-state index in [4.69, 9.17) is 34.4 Å². The largest absolute Gasteiger partial charge is 0.370 e. The fourth-order valence-corrected chi connectivity index (χ4v) is 9.43. The van der Waals surface area contributed by atoms with E-state index in [1.54, 1.807) is 0 Å². The van der Waals surface area contributed by atoms with Crippen molar-refractivity contribution in [3.05, 3.63) is 96.1 Å². The first-order valence-electron chi connectivity index (χ1n) is 28.0. The summed E-state index contributed by atoms with van der Waals surface area (Å²) in [5.74, 6) is -6.26. The molecule has 1 saturated heterocycles. The number of fused-ring (bicyclic) bond motifs is 2. The van der Waals surface area contributed by atoms with Crippen LogP contribution in [0.5, 0.6) is 0 Å². The van der Waals surface area contributed by atoms with Crippen LogP contribution in [-0.2, 0) is 51.2 Å². The van der Waals surface area contributed by atoms with Crippen LogP contribution in [0.4, 0.5) is 0 Å². The number of carbonyl (C=O) groups excluding carboxylic acids is 8. The average molecular weight is 1130 g/mol. The molecule has 1 fully saturated rings. The molecule has 4 aromatic carbocycles. The molecule has 0 saturated carbocycles. The smallest absolute Gasteiger partial charge is 0.243 e. The third kappa shape index (κ3) is 21.3. The second kappa shape index (κ2) is 32.2. The van der Waals surface area contributed by atoms with Crippen LogP contribution in [0.3, 0.4) is 0 Å². The lowest BCUT2D eigenvalue weighted by molar-refractivity contribution is -0.136. The molecular formula is C58H84N16O8. The monoisotopic (exact) mass is 1130 g/mol. The summed E-state index contributed by atoms with van der Waals surface area (Å²) in [7, 11) is 0. The van der Waals surface area contributed by atoms with E-state index in [-0.39, 0.29) is 114 Å². The van der Waals surface area contributed by atoms with E-state index in [2.05, 4.69) is 52.5 Å². The number of amides is 8. The molecule has 20 N–H and O–H groups in total. The molecule has 82 heavy (non-hydrogen) atoms. The fourth-order valence-electron chi connectivity index (χ4n) is 9.43. The van der Waals surface area contributed by atoms with Crippen molar-refractivity contribution in [3.63, 3.8) is 0 Å². The van der Waals surface area contributed by atoms with E-state index in [0.29, 0.717) is 11.1 Å². The summed E-state index contributed by atoms with van der Waals surface area (Å²) in [6, 6.07) is 16.6. The molecular weight excluding hydrogens is 1050 g/mol. The molecule has 24 heteroatoms. The van der Waals surface area contributed by atoms with E-state index in [0.717, 1.165) is 21.5 Å². The molecule has 1 aliphatic heterocycles. The number of nitrogens with two attached hydrogens (primary N) is 6. The van der Waals surface area contributed by atoms with Gasteiger partial charge in [0.1, 0.15) is 36.3 Å². The molecule has 8 amide bonds. The van der Waals surface area contributed by atoms with Gasteiger partial charge in [0.25, 0.3) is 0 Å². The van der Waals surface area contributed by atoms with E-state index in [9.17, 15) is 38.4 Å². The number of aliphatic imine (C=N–C) groups is 2. The summed E-state index contributed by atoms with van der Waals surface area (Å²) in [6.07, 6.45) is 0.501. The van der Waals surface area contributed by atoms with E-state index in [1.165, 1.54) is 0 Å². The van der Waals surface area contributed by atoms with Gasteiger partial charge < -0.3 is 76.9 Å². The lowest BCUT2D eigenvalue weighted by atomic mass is 9.98. The number of benzene rings is 4. The fraction of sp³-hybridized carbons (Fsp3) is 0.483. The van der Waals surface area contributed by atoms with Gasteiger partial charge in [0.05, 0.1) is 12.1 Å². The standard InChI is InChI=1S/C58H84N16O8/c1-33(2)27-45-54(80)69-44(16-10-24-68-58(63)64)53(79)74-48(32-36-18-20-38-12-6-8-14-40(38)30-36)56(82)72-46(28-34(3)4)55(81)70-43(15-9-23-67-57(61)62)52(78)73-47(31-35-17-19-37-11-5-7-13-39(37)29-35)51(77)66-26-21-41(59)49(75)65-25-22-42(60)50(76)71-45/h5-8,11-14,17-20,29-30,33-34,41-48H,9-10,15-16,21-28,31-32,59-60H2,1-4H3,(H,65,75)(H,66,77)(H,69,80)(H,70,81)(H,71,76)(H,72,82)(H,73,78)(H,74,79)(H4,61,62,67)(H4,63,64,68)/t41?,42?,43-,44-,45-,46-,47-,48-/m0/s1. The number of hydrogen-bond acceptors (Lipinski definition) is 12. The van der Waals surface area contributed by atoms with Gasteiger partial charge in [-0.2, -0.15) is 0 Å². The van der Waals surface area contributed by atoms with E-state index in [1.807, 2.05) is 113 Å². The van der Waals surface area contributed by atoms with Crippen LogP contribution in [-0.4, -0.2) is 134 Å². The Morgan fingerprint density at radius 1 is 0.439 bits per heavy atom. The minimum Gasteiger partial charge on any atom is -0.370 e. The number of nitrogens with zero attached hydrogens (tertiary/aromatic N) is 2. The first kappa shape index (κ1) is 64.4. The predicted molar refractivity (Wildman–Crippen MR) is 317 cm³/mol. The number of guanidine groups is 2. The molecule has 0 spiro atoms. The highest BCUT2D eigenvalue weighted by atomic mass is 16.2. The molecule has 5 rings (SSSR count). The first-order chi connectivity index (χ1) is 39.1. The zero-order valence-corrected chi connectivity index (χ0v) is 47.4. The van der Waals surface area contributed by atoms with Gasteiger partial charge in [-0.25, -0.2) is 0 Å². The highest BCUT2D eigenvalue weighted by Crippen LogP contribution is 2.20. The zero-order chi connectivity index (χ0) is 59.9. The third-order valence-electron chi connectivity index (χ3n) is 13.8. The Bertz CT molecular complexity index is 2910. The average Bonchev–Trinajstić information content (AvgIpc) is 3.56. The molecule has 1 aliphatic rings. The minimum atomic E-state index is -1.35. The summed E-state index contributed by atoms with van der Waals surface area (Å²) >= 11 is 0. The van der Waals surface area contributed by atoms with Crippen LogP contribution in [0.15, 0.2) is 94.9 Å². The Hall–Kier alpha value is -8.38. The van der Waals surface area contributed by atoms with E-state index >= 15 is 0 Å². The van der Waals surface area contributed by atoms with Crippen molar-refractivity contribution in [2.24, 2.45) is 56.2 Å². The van der Waals surface area contributed by atoms with Crippen molar-refractivity contribution in [1.82, 2.24) is 42.5 Å². The SMILES string of the molecule is CC(C)C[C@@H]1NC(=O)C(N)CCNC(=O)C(N)CCNC(=O)[C@H](Cc2ccc3ccccc3c2)NC(=O)[C@H](CCCN=C(N)N)NC(=O)[C@H](CC(C)C)NC(=O)[C@H](Cc2ccc3ccccc3c2)NC(=O)[C@H](CCCN=C(N)N)NC1=O. The van der Waals surface area contributed by atoms with Crippen molar-refractivity contribution in [2.45, 2.75) is 140 Å². The van der Waals surface area contributed by atoms with Gasteiger partial charge in [-0.05, 0) is 95.9 Å². The maximum atomic E-state index is 14.9. The van der Waals surface area contributed by atoms with Crippen LogP contribution < -0.4 is 76.9 Å². The maximum absolute atomic E-state index is 14.9. The second-order valence-electron chi connectivity index (χ2n) is 21.7. The Balaban J connectivity index is 1.56. The van der Waals surface area contributed by atoms with Crippen molar-refractivity contribution in [1.29, 1.82) is 0 Å². The minimum absolute atomic E-state index is 0.00543. The number of carbonyl (C=O) groups is 8. The Kier molecular flexibility index (Phi) is 25.3. The molecule has 2 unspecified atom stereocenters. The van der Waals surface area contributed by atoms with Crippen molar-refractivity contribution < 1.29 is 38.4 Å². The van der Waals surface area contributed by atoms with Crippen LogP contribution in [0.25, 0.3) is 21.5 Å². The van der Waals surface area contributed by atoms with Gasteiger partial charge in [-0.3, -0.25) is 48.3 Å². The topological polar surface area (TPSA) is 414 Å². The van der Waals surface area contributed by atoms with E-state index < -0.39 is 95.6 Å². The first-order valence-corrected chi connectivity index (χ1v) is 28.0. The van der Waals surface area contributed by atoms with Crippen LogP contribution in [0, 0.1) is 11.8 Å². The molecule has 4 aromatic rings. The van der Waals surface area contributed by atoms with Gasteiger partial charge >= 0.3 is 0 Å². The number of hydrogen-bond donors (Lipinski definition) is 14. The molecule has 444 valence electrons. The van der Waals surface area contributed by atoms with Crippen molar-refractivity contribution in [2.75, 3.05) is 26.2 Å². The highest BCUT2D eigenvalue weighted by molar-refractivity contribution is 5.98. The molecule has 0 radical (unpaired) electrons. The molecule has 0 aliphatic carbocycles. The summed E-state index contributed by atoms with van der Waals surface area (Å²) in [5.41, 5.74) is 36.4. The van der Waals surface area contributed by atoms with Gasteiger partial charge in [-0.1, -0.05) is 113 Å². The van der Waals surface area contributed by atoms with Crippen LogP contribution >= 0.6 is 0 Å². The van der Waals surface area contributed by atoms with Gasteiger partial charge in [-0.15, -0.1) is 0 Å². The lowest BCUT2D eigenvalue weighted by Crippen LogP contribution is -2.60. The van der Waals surface area contributed by atoms with Crippen molar-refractivity contribution in [3.8, 4) is 0 Å². The molecule has 0 bridgehead atoms. The molecule has 8 atom stereocenters. The number of nitrogens with one attached hydrogen (secondary N) is 8. The third-order valence-corrected chi connectivity index (χ3v) is 13.8. The second-order valence-corrected chi connectivity index (χ2v) is 21.7. The van der Waals surface area contributed by atoms with Crippen molar-refractivity contribution >= 4 is 80.7 Å². The Morgan fingerprint density at radius 2 is 0.780 bits per heavy atom. The Labute approximate surface area is 478 Å². The normalized spacial score (nSPS) is 22.7. The maximum Gasteiger partial charge on any atom is 0.243 e. The summed E-state index contributed by atoms with van der Waals surface area (Å²) in [4.78, 5) is 122. The lowest BCUT2D eigenvalue weighted by Gasteiger charge is -2.29. The van der Waals surface area contributed by atoms with Gasteiger partial charge in [0.2, 0.25) is 47.3 Å². The summed E-state index contributed by atoms with van der Waals surface area (Å²) in [6.45, 7) is 7.42. The predicted octanol–water partition coefficient (Wildman–Crippen LogP) is -0.433. The number of rotatable bonds is 16. The molecule has 24 nitrogen and oxygen atoms in total. The Morgan fingerprint density at radius 3 is 1.21 bits per heavy atom. The molecule has 0 aromatic heterocycles. The quantitative estimate of drug-likeness (QED) is 0.0385. The van der Waals surface area contributed by atoms with Gasteiger partial charge in [0, 0.05) is 39.0 Å².